The zero-order valence-corrected chi connectivity index (χ0v) is 15.9. The van der Waals surface area contributed by atoms with E-state index in [9.17, 15) is 9.59 Å². The summed E-state index contributed by atoms with van der Waals surface area (Å²) >= 11 is 0. The summed E-state index contributed by atoms with van der Waals surface area (Å²) < 4.78 is 15.9. The predicted octanol–water partition coefficient (Wildman–Crippen LogP) is 2.44. The average Bonchev–Trinajstić information content (AvgIpc) is 3.15. The van der Waals surface area contributed by atoms with E-state index in [0.29, 0.717) is 19.7 Å². The third kappa shape index (κ3) is 6.02. The van der Waals surface area contributed by atoms with Gasteiger partial charge >= 0.3 is 5.97 Å². The summed E-state index contributed by atoms with van der Waals surface area (Å²) in [4.78, 5) is 26.3. The molecule has 1 aliphatic rings. The van der Waals surface area contributed by atoms with E-state index in [1.165, 1.54) is 7.11 Å². The molecule has 0 aromatic heterocycles. The van der Waals surface area contributed by atoms with Gasteiger partial charge in [-0.3, -0.25) is 9.59 Å². The molecule has 0 N–H and O–H groups in total. The normalized spacial score (nSPS) is 17.6. The van der Waals surface area contributed by atoms with E-state index in [0.717, 1.165) is 30.8 Å². The fourth-order valence-electron chi connectivity index (χ4n) is 3.08. The Bertz CT molecular complexity index is 580. The third-order valence-corrected chi connectivity index (χ3v) is 4.49. The van der Waals surface area contributed by atoms with E-state index in [-0.39, 0.29) is 30.3 Å². The first-order chi connectivity index (χ1) is 12.5. The number of nitrogens with zero attached hydrogens (tertiary/aromatic N) is 1. The molecule has 0 spiro atoms. The molecular weight excluding hydrogens is 334 g/mol. The Morgan fingerprint density at radius 3 is 2.62 bits per heavy atom. The van der Waals surface area contributed by atoms with Crippen LogP contribution in [-0.2, 0) is 25.5 Å². The van der Waals surface area contributed by atoms with Crippen molar-refractivity contribution in [3.05, 3.63) is 29.8 Å². The molecule has 2 atom stereocenters. The second-order valence-corrected chi connectivity index (χ2v) is 6.61. The molecule has 6 nitrogen and oxygen atoms in total. The average molecular weight is 363 g/mol. The quantitative estimate of drug-likeness (QED) is 0.631. The van der Waals surface area contributed by atoms with Crippen LogP contribution >= 0.6 is 0 Å². The number of ether oxygens (including phenoxy) is 3. The van der Waals surface area contributed by atoms with Gasteiger partial charge in [-0.15, -0.1) is 0 Å². The lowest BCUT2D eigenvalue weighted by molar-refractivity contribution is -0.146. The lowest BCUT2D eigenvalue weighted by atomic mass is 10.1. The van der Waals surface area contributed by atoms with Crippen molar-refractivity contribution in [1.29, 1.82) is 0 Å². The third-order valence-electron chi connectivity index (χ3n) is 4.49. The molecule has 2 unspecified atom stereocenters. The van der Waals surface area contributed by atoms with Gasteiger partial charge in [0.15, 0.2) is 0 Å². The number of carbonyl (C=O) groups excluding carboxylic acids is 2. The lowest BCUT2D eigenvalue weighted by Gasteiger charge is -2.27. The molecule has 1 aliphatic heterocycles. The number of methoxy groups -OCH3 is 1. The van der Waals surface area contributed by atoms with Crippen LogP contribution in [0.25, 0.3) is 0 Å². The van der Waals surface area contributed by atoms with E-state index in [1.54, 1.807) is 11.8 Å². The van der Waals surface area contributed by atoms with Gasteiger partial charge in [0.05, 0.1) is 32.2 Å². The van der Waals surface area contributed by atoms with Crippen molar-refractivity contribution >= 4 is 11.9 Å². The first-order valence-electron chi connectivity index (χ1n) is 9.22. The Labute approximate surface area is 155 Å². The zero-order valence-electron chi connectivity index (χ0n) is 15.9. The molecule has 1 heterocycles. The fraction of sp³-hybridized carbons (Fsp3) is 0.600. The maximum Gasteiger partial charge on any atom is 0.310 e. The van der Waals surface area contributed by atoms with Crippen LogP contribution in [0.1, 0.15) is 32.3 Å². The summed E-state index contributed by atoms with van der Waals surface area (Å²) in [6.45, 7) is 5.90. The second-order valence-electron chi connectivity index (χ2n) is 6.61. The van der Waals surface area contributed by atoms with Crippen LogP contribution in [0.2, 0.25) is 0 Å². The summed E-state index contributed by atoms with van der Waals surface area (Å²) in [6, 6.07) is 7.54. The van der Waals surface area contributed by atoms with E-state index in [4.69, 9.17) is 14.2 Å². The Kier molecular flexibility index (Phi) is 7.91. The minimum absolute atomic E-state index is 0.0135. The van der Waals surface area contributed by atoms with Crippen molar-refractivity contribution in [3.8, 4) is 5.75 Å². The maximum atomic E-state index is 12.8. The number of rotatable bonds is 9. The van der Waals surface area contributed by atoms with Crippen LogP contribution in [0.4, 0.5) is 0 Å². The van der Waals surface area contributed by atoms with Crippen LogP contribution in [0, 0.1) is 5.92 Å². The van der Waals surface area contributed by atoms with Gasteiger partial charge in [-0.2, -0.15) is 0 Å². The predicted molar refractivity (Wildman–Crippen MR) is 98.0 cm³/mol. The molecule has 0 bridgehead atoms. The van der Waals surface area contributed by atoms with Crippen molar-refractivity contribution in [3.63, 3.8) is 0 Å². The van der Waals surface area contributed by atoms with Crippen molar-refractivity contribution in [2.45, 2.75) is 39.2 Å². The highest BCUT2D eigenvalue weighted by Gasteiger charge is 2.26. The number of benzene rings is 1. The van der Waals surface area contributed by atoms with Gasteiger partial charge in [0.25, 0.3) is 0 Å². The molecule has 6 heteroatoms. The van der Waals surface area contributed by atoms with Crippen LogP contribution in [0.3, 0.4) is 0 Å². The number of hydrogen-bond donors (Lipinski definition) is 0. The van der Waals surface area contributed by atoms with Gasteiger partial charge in [0.1, 0.15) is 5.75 Å². The van der Waals surface area contributed by atoms with Crippen LogP contribution in [-0.4, -0.2) is 56.3 Å². The molecule has 1 saturated heterocycles. The molecule has 2 rings (SSSR count). The molecule has 1 fully saturated rings. The Morgan fingerprint density at radius 2 is 2.04 bits per heavy atom. The van der Waals surface area contributed by atoms with Crippen molar-refractivity contribution in [1.82, 2.24) is 4.90 Å². The summed E-state index contributed by atoms with van der Waals surface area (Å²) in [5, 5.41) is 0. The van der Waals surface area contributed by atoms with Crippen LogP contribution in [0.5, 0.6) is 5.75 Å². The fourth-order valence-corrected chi connectivity index (χ4v) is 3.08. The largest absolute Gasteiger partial charge is 0.494 e. The van der Waals surface area contributed by atoms with Gasteiger partial charge in [-0.1, -0.05) is 19.1 Å². The topological polar surface area (TPSA) is 65.1 Å². The zero-order chi connectivity index (χ0) is 18.9. The summed E-state index contributed by atoms with van der Waals surface area (Å²) in [7, 11) is 1.37. The van der Waals surface area contributed by atoms with Crippen molar-refractivity contribution in [2.75, 3.05) is 33.4 Å². The number of hydrogen-bond acceptors (Lipinski definition) is 5. The van der Waals surface area contributed by atoms with Crippen molar-refractivity contribution in [2.24, 2.45) is 5.92 Å². The van der Waals surface area contributed by atoms with E-state index in [1.807, 2.05) is 31.2 Å². The first-order valence-corrected chi connectivity index (χ1v) is 9.22. The Balaban J connectivity index is 2.01. The monoisotopic (exact) mass is 363 g/mol. The molecule has 144 valence electrons. The molecular formula is C20H29NO5. The van der Waals surface area contributed by atoms with Gasteiger partial charge in [-0.05, 0) is 37.5 Å². The molecule has 1 aromatic carbocycles. The highest BCUT2D eigenvalue weighted by molar-refractivity contribution is 5.80. The summed E-state index contributed by atoms with van der Waals surface area (Å²) in [5.41, 5.74) is 0.918. The molecule has 26 heavy (non-hydrogen) atoms. The molecule has 1 amide bonds. The highest BCUT2D eigenvalue weighted by Crippen LogP contribution is 2.17. The molecule has 0 aliphatic carbocycles. The molecule has 0 saturated carbocycles. The molecule has 0 radical (unpaired) electrons. The van der Waals surface area contributed by atoms with E-state index < -0.39 is 0 Å². The van der Waals surface area contributed by atoms with E-state index in [2.05, 4.69) is 0 Å². The van der Waals surface area contributed by atoms with E-state index >= 15 is 0 Å². The van der Waals surface area contributed by atoms with Crippen molar-refractivity contribution < 1.29 is 23.8 Å². The standard InChI is InChI=1S/C20H29NO5/c1-4-25-17-9-7-16(8-10-17)12-19(22)21(13-15(2)20(23)24-3)14-18-6-5-11-26-18/h7-10,15,18H,4-6,11-14H2,1-3H3. The Morgan fingerprint density at radius 1 is 1.31 bits per heavy atom. The SMILES string of the molecule is CCOc1ccc(CC(=O)N(CC2CCCO2)CC(C)C(=O)OC)cc1. The minimum Gasteiger partial charge on any atom is -0.494 e. The first kappa shape index (κ1) is 20.2. The second kappa shape index (κ2) is 10.2. The smallest absolute Gasteiger partial charge is 0.310 e. The maximum absolute atomic E-state index is 12.8. The lowest BCUT2D eigenvalue weighted by Crippen LogP contribution is -2.42. The minimum atomic E-state index is -0.370. The van der Waals surface area contributed by atoms with Gasteiger partial charge in [0.2, 0.25) is 5.91 Å². The van der Waals surface area contributed by atoms with Gasteiger partial charge in [-0.25, -0.2) is 0 Å². The number of amides is 1. The highest BCUT2D eigenvalue weighted by atomic mass is 16.5. The number of esters is 1. The summed E-state index contributed by atoms with van der Waals surface area (Å²) in [5.74, 6) is 0.0986. The number of carbonyl (C=O) groups is 2. The molecule has 1 aromatic rings. The summed E-state index contributed by atoms with van der Waals surface area (Å²) in [6.07, 6.45) is 2.29. The van der Waals surface area contributed by atoms with Crippen LogP contribution in [0.15, 0.2) is 24.3 Å². The van der Waals surface area contributed by atoms with Crippen LogP contribution < -0.4 is 4.74 Å². The van der Waals surface area contributed by atoms with Gasteiger partial charge in [0, 0.05) is 19.7 Å². The Hall–Kier alpha value is -2.08. The van der Waals surface area contributed by atoms with Gasteiger partial charge < -0.3 is 19.1 Å².